The second-order valence-electron chi connectivity index (χ2n) is 6.52. The van der Waals surface area contributed by atoms with Crippen LogP contribution in [0.4, 0.5) is 5.69 Å². The molecule has 2 aromatic carbocycles. The number of hydrogen-bond acceptors (Lipinski definition) is 5. The Hall–Kier alpha value is -1.89. The van der Waals surface area contributed by atoms with Crippen LogP contribution in [-0.4, -0.2) is 52.0 Å². The van der Waals surface area contributed by atoms with E-state index >= 15 is 0 Å². The number of halogens is 1. The Labute approximate surface area is 159 Å². The van der Waals surface area contributed by atoms with Crippen LogP contribution in [0.3, 0.4) is 0 Å². The highest BCUT2D eigenvalue weighted by molar-refractivity contribution is 7.91. The topological polar surface area (TPSA) is 53.0 Å². The minimum absolute atomic E-state index is 0.0820. The van der Waals surface area contributed by atoms with Crippen molar-refractivity contribution in [3.63, 3.8) is 0 Å². The lowest BCUT2D eigenvalue weighted by Crippen LogP contribution is -2.23. The SMILES string of the molecule is CN(C)CCS(=O)(=O)c1ccccc1N1CCC(c2ccc(Cl)cc2)=N1. The molecule has 2 aromatic rings. The van der Waals surface area contributed by atoms with Crippen molar-refractivity contribution >= 4 is 32.8 Å². The molecule has 0 bridgehead atoms. The van der Waals surface area contributed by atoms with Crippen LogP contribution in [-0.2, 0) is 9.84 Å². The van der Waals surface area contributed by atoms with Crippen LogP contribution < -0.4 is 5.01 Å². The lowest BCUT2D eigenvalue weighted by atomic mass is 10.1. The summed E-state index contributed by atoms with van der Waals surface area (Å²) in [5, 5.41) is 7.13. The standard InChI is InChI=1S/C19H22ClN3O2S/c1-22(2)13-14-26(24,25)19-6-4-3-5-18(19)23-12-11-17(21-23)15-7-9-16(20)10-8-15/h3-10H,11-14H2,1-2H3. The molecule has 1 aliphatic rings. The molecule has 138 valence electrons. The number of nitrogens with zero attached hydrogens (tertiary/aromatic N) is 3. The van der Waals surface area contributed by atoms with Gasteiger partial charge in [0, 0.05) is 24.5 Å². The Morgan fingerprint density at radius 1 is 1.12 bits per heavy atom. The zero-order valence-corrected chi connectivity index (χ0v) is 16.5. The van der Waals surface area contributed by atoms with Gasteiger partial charge in [0.25, 0.3) is 0 Å². The van der Waals surface area contributed by atoms with Gasteiger partial charge < -0.3 is 4.90 Å². The summed E-state index contributed by atoms with van der Waals surface area (Å²) >= 11 is 5.95. The number of para-hydroxylation sites is 1. The van der Waals surface area contributed by atoms with Gasteiger partial charge in [-0.15, -0.1) is 0 Å². The van der Waals surface area contributed by atoms with Gasteiger partial charge in [-0.2, -0.15) is 5.10 Å². The van der Waals surface area contributed by atoms with Crippen molar-refractivity contribution in [2.45, 2.75) is 11.3 Å². The summed E-state index contributed by atoms with van der Waals surface area (Å²) in [6.07, 6.45) is 0.758. The van der Waals surface area contributed by atoms with Crippen molar-refractivity contribution in [2.75, 3.05) is 37.9 Å². The van der Waals surface area contributed by atoms with Gasteiger partial charge in [0.05, 0.1) is 22.0 Å². The third kappa shape index (κ3) is 4.26. The fraction of sp³-hybridized carbons (Fsp3) is 0.316. The second kappa shape index (κ2) is 7.78. The van der Waals surface area contributed by atoms with E-state index < -0.39 is 9.84 Å². The van der Waals surface area contributed by atoms with Gasteiger partial charge in [0.1, 0.15) is 0 Å². The molecule has 7 heteroatoms. The van der Waals surface area contributed by atoms with E-state index in [1.807, 2.05) is 55.4 Å². The molecule has 0 amide bonds. The molecule has 1 aliphatic heterocycles. The average molecular weight is 392 g/mol. The fourth-order valence-corrected chi connectivity index (χ4v) is 4.55. The molecule has 0 N–H and O–H groups in total. The number of hydrazone groups is 1. The predicted octanol–water partition coefficient (Wildman–Crippen LogP) is 3.29. The van der Waals surface area contributed by atoms with Crippen LogP contribution in [0.5, 0.6) is 0 Å². The monoisotopic (exact) mass is 391 g/mol. The Balaban J connectivity index is 1.90. The normalized spacial score (nSPS) is 14.8. The maximum absolute atomic E-state index is 12.8. The van der Waals surface area contributed by atoms with Crippen LogP contribution >= 0.6 is 11.6 Å². The van der Waals surface area contributed by atoms with E-state index in [2.05, 4.69) is 5.10 Å². The number of hydrogen-bond donors (Lipinski definition) is 0. The van der Waals surface area contributed by atoms with Crippen LogP contribution in [0.1, 0.15) is 12.0 Å². The first kappa shape index (κ1) is 18.9. The molecule has 0 aliphatic carbocycles. The van der Waals surface area contributed by atoms with Gasteiger partial charge in [-0.3, -0.25) is 5.01 Å². The van der Waals surface area contributed by atoms with Crippen molar-refractivity contribution in [3.8, 4) is 0 Å². The zero-order valence-electron chi connectivity index (χ0n) is 14.9. The minimum Gasteiger partial charge on any atom is -0.308 e. The average Bonchev–Trinajstić information content (AvgIpc) is 3.11. The third-order valence-electron chi connectivity index (χ3n) is 4.26. The summed E-state index contributed by atoms with van der Waals surface area (Å²) < 4.78 is 25.6. The summed E-state index contributed by atoms with van der Waals surface area (Å²) in [5.74, 6) is 0.0820. The van der Waals surface area contributed by atoms with Gasteiger partial charge in [0.15, 0.2) is 9.84 Å². The summed E-state index contributed by atoms with van der Waals surface area (Å²) in [6.45, 7) is 1.13. The third-order valence-corrected chi connectivity index (χ3v) is 6.25. The largest absolute Gasteiger partial charge is 0.308 e. The lowest BCUT2D eigenvalue weighted by Gasteiger charge is -2.18. The molecule has 0 unspecified atom stereocenters. The Morgan fingerprint density at radius 3 is 2.50 bits per heavy atom. The zero-order chi connectivity index (χ0) is 18.7. The molecule has 0 spiro atoms. The van der Waals surface area contributed by atoms with E-state index in [0.29, 0.717) is 28.7 Å². The summed E-state index contributed by atoms with van der Waals surface area (Å²) in [7, 11) is 0.350. The molecule has 0 radical (unpaired) electrons. The van der Waals surface area contributed by atoms with Crippen LogP contribution in [0.25, 0.3) is 0 Å². The number of rotatable bonds is 6. The Kier molecular flexibility index (Phi) is 5.65. The molecule has 0 saturated carbocycles. The van der Waals surface area contributed by atoms with Gasteiger partial charge in [-0.1, -0.05) is 35.9 Å². The highest BCUT2D eigenvalue weighted by atomic mass is 35.5. The van der Waals surface area contributed by atoms with Crippen LogP contribution in [0.2, 0.25) is 5.02 Å². The predicted molar refractivity (Wildman–Crippen MR) is 107 cm³/mol. The first-order valence-electron chi connectivity index (χ1n) is 8.44. The highest BCUT2D eigenvalue weighted by Crippen LogP contribution is 2.29. The number of anilines is 1. The number of benzene rings is 2. The van der Waals surface area contributed by atoms with Crippen LogP contribution in [0, 0.1) is 0 Å². The summed E-state index contributed by atoms with van der Waals surface area (Å²) in [5.41, 5.74) is 2.57. The van der Waals surface area contributed by atoms with Crippen molar-refractivity contribution in [3.05, 3.63) is 59.1 Å². The van der Waals surface area contributed by atoms with Gasteiger partial charge >= 0.3 is 0 Å². The van der Waals surface area contributed by atoms with E-state index in [0.717, 1.165) is 17.7 Å². The van der Waals surface area contributed by atoms with Gasteiger partial charge in [-0.05, 0) is 43.9 Å². The highest BCUT2D eigenvalue weighted by Gasteiger charge is 2.25. The number of sulfone groups is 1. The Bertz CT molecular complexity index is 909. The molecule has 1 heterocycles. The maximum atomic E-state index is 12.8. The Morgan fingerprint density at radius 2 is 1.81 bits per heavy atom. The molecule has 0 saturated heterocycles. The van der Waals surface area contributed by atoms with E-state index in [-0.39, 0.29) is 5.75 Å². The quantitative estimate of drug-likeness (QED) is 0.758. The van der Waals surface area contributed by atoms with Crippen molar-refractivity contribution in [2.24, 2.45) is 5.10 Å². The van der Waals surface area contributed by atoms with Gasteiger partial charge in [-0.25, -0.2) is 8.42 Å². The summed E-state index contributed by atoms with van der Waals surface area (Å²) in [6, 6.07) is 14.6. The molecular weight excluding hydrogens is 370 g/mol. The van der Waals surface area contributed by atoms with Crippen molar-refractivity contribution in [1.82, 2.24) is 4.90 Å². The molecule has 5 nitrogen and oxygen atoms in total. The maximum Gasteiger partial charge on any atom is 0.181 e. The molecule has 3 rings (SSSR count). The van der Waals surface area contributed by atoms with Crippen LogP contribution in [0.15, 0.2) is 58.5 Å². The molecular formula is C19H22ClN3O2S. The van der Waals surface area contributed by atoms with Gasteiger partial charge in [0.2, 0.25) is 0 Å². The molecule has 0 atom stereocenters. The second-order valence-corrected chi connectivity index (χ2v) is 9.03. The minimum atomic E-state index is -3.38. The first-order chi connectivity index (χ1) is 12.4. The van der Waals surface area contributed by atoms with Crippen molar-refractivity contribution < 1.29 is 8.42 Å². The fourth-order valence-electron chi connectivity index (χ4n) is 2.82. The molecule has 26 heavy (non-hydrogen) atoms. The lowest BCUT2D eigenvalue weighted by molar-refractivity contribution is 0.432. The van der Waals surface area contributed by atoms with Crippen molar-refractivity contribution in [1.29, 1.82) is 0 Å². The molecule has 0 aromatic heterocycles. The van der Waals surface area contributed by atoms with E-state index in [1.54, 1.807) is 17.1 Å². The first-order valence-corrected chi connectivity index (χ1v) is 10.5. The van der Waals surface area contributed by atoms with E-state index in [1.165, 1.54) is 0 Å². The molecule has 0 fully saturated rings. The van der Waals surface area contributed by atoms with E-state index in [9.17, 15) is 8.42 Å². The smallest absolute Gasteiger partial charge is 0.181 e. The summed E-state index contributed by atoms with van der Waals surface area (Å²) in [4.78, 5) is 2.20. The van der Waals surface area contributed by atoms with E-state index in [4.69, 9.17) is 11.6 Å².